The minimum Gasteiger partial charge on any atom is -0.497 e. The van der Waals surface area contributed by atoms with Crippen molar-refractivity contribution in [3.63, 3.8) is 0 Å². The highest BCUT2D eigenvalue weighted by Gasteiger charge is 2.34. The van der Waals surface area contributed by atoms with Crippen molar-refractivity contribution < 1.29 is 19.0 Å². The summed E-state index contributed by atoms with van der Waals surface area (Å²) < 4.78 is 16.4. The van der Waals surface area contributed by atoms with Gasteiger partial charge in [0.05, 0.1) is 27.4 Å². The first-order valence-corrected chi connectivity index (χ1v) is 11.0. The molecule has 2 aromatic rings. The van der Waals surface area contributed by atoms with Crippen molar-refractivity contribution in [3.8, 4) is 17.2 Å². The second-order valence-corrected chi connectivity index (χ2v) is 7.86. The predicted octanol–water partition coefficient (Wildman–Crippen LogP) is 4.12. The Bertz CT molecular complexity index is 882. The van der Waals surface area contributed by atoms with Gasteiger partial charge in [-0.2, -0.15) is 0 Å². The van der Waals surface area contributed by atoms with Gasteiger partial charge in [0.1, 0.15) is 5.75 Å². The van der Waals surface area contributed by atoms with Gasteiger partial charge in [0.15, 0.2) is 11.5 Å². The fraction of sp³-hybridized carbons (Fsp3) is 0.480. The summed E-state index contributed by atoms with van der Waals surface area (Å²) in [6.45, 7) is 5.71. The first kappa shape index (κ1) is 22.9. The van der Waals surface area contributed by atoms with Crippen molar-refractivity contribution in [2.24, 2.45) is 0 Å². The van der Waals surface area contributed by atoms with Gasteiger partial charge in [0.2, 0.25) is 5.91 Å². The smallest absolute Gasteiger partial charge is 0.219 e. The van der Waals surface area contributed by atoms with E-state index in [2.05, 4.69) is 41.4 Å². The van der Waals surface area contributed by atoms with E-state index in [1.165, 1.54) is 16.7 Å². The highest BCUT2D eigenvalue weighted by Crippen LogP contribution is 2.40. The van der Waals surface area contributed by atoms with Crippen LogP contribution >= 0.6 is 0 Å². The maximum atomic E-state index is 12.3. The van der Waals surface area contributed by atoms with Crippen LogP contribution in [0.3, 0.4) is 0 Å². The van der Waals surface area contributed by atoms with Crippen LogP contribution in [0.25, 0.3) is 0 Å². The van der Waals surface area contributed by atoms with Crippen molar-refractivity contribution in [2.75, 3.05) is 27.9 Å². The third kappa shape index (κ3) is 5.13. The van der Waals surface area contributed by atoms with Crippen LogP contribution in [-0.2, 0) is 17.8 Å². The van der Waals surface area contributed by atoms with Crippen molar-refractivity contribution in [2.45, 2.75) is 51.7 Å². The molecule has 0 fully saturated rings. The number of nitrogens with one attached hydrogen (secondary N) is 1. The Morgan fingerprint density at radius 1 is 1.06 bits per heavy atom. The van der Waals surface area contributed by atoms with Gasteiger partial charge in [0, 0.05) is 25.6 Å². The number of hydrogen-bond donors (Lipinski definition) is 1. The monoisotopic (exact) mass is 426 g/mol. The topological polar surface area (TPSA) is 60.0 Å². The van der Waals surface area contributed by atoms with E-state index in [1.54, 1.807) is 21.3 Å². The number of carbonyl (C=O) groups is 1. The van der Waals surface area contributed by atoms with Crippen molar-refractivity contribution in [1.29, 1.82) is 0 Å². The number of fused-ring (bicyclic) bond motifs is 1. The molecule has 6 nitrogen and oxygen atoms in total. The van der Waals surface area contributed by atoms with Crippen molar-refractivity contribution in [1.82, 2.24) is 10.2 Å². The summed E-state index contributed by atoms with van der Waals surface area (Å²) in [7, 11) is 5.00. The Morgan fingerprint density at radius 3 is 2.32 bits per heavy atom. The molecule has 0 spiro atoms. The quantitative estimate of drug-likeness (QED) is 0.654. The zero-order chi connectivity index (χ0) is 22.4. The molecular formula is C25H34N2O4. The zero-order valence-electron chi connectivity index (χ0n) is 19.2. The lowest BCUT2D eigenvalue weighted by atomic mass is 9.86. The molecule has 0 aromatic heterocycles. The fourth-order valence-corrected chi connectivity index (χ4v) is 4.36. The van der Waals surface area contributed by atoms with E-state index in [-0.39, 0.29) is 18.0 Å². The predicted molar refractivity (Wildman–Crippen MR) is 122 cm³/mol. The molecule has 2 atom stereocenters. The number of nitrogens with zero attached hydrogens (tertiary/aromatic N) is 1. The first-order chi connectivity index (χ1) is 15.0. The fourth-order valence-electron chi connectivity index (χ4n) is 4.36. The Hall–Kier alpha value is -2.73. The van der Waals surface area contributed by atoms with Crippen LogP contribution in [0, 0.1) is 0 Å². The summed E-state index contributed by atoms with van der Waals surface area (Å²) in [6, 6.07) is 12.4. The SMILES string of the molecule is CCC(=O)NC(CC)C1c2cc(OC)c(OC)cc2CCN1Cc1ccc(OC)cc1. The number of benzene rings is 2. The average molecular weight is 427 g/mol. The largest absolute Gasteiger partial charge is 0.497 e. The van der Waals surface area contributed by atoms with Crippen LogP contribution in [0.1, 0.15) is 49.4 Å². The van der Waals surface area contributed by atoms with Gasteiger partial charge in [0.25, 0.3) is 0 Å². The second kappa shape index (κ2) is 10.5. The van der Waals surface area contributed by atoms with Crippen molar-refractivity contribution >= 4 is 5.91 Å². The normalized spacial score (nSPS) is 16.9. The number of carbonyl (C=O) groups excluding carboxylic acids is 1. The van der Waals surface area contributed by atoms with Crippen LogP contribution in [0.2, 0.25) is 0 Å². The van der Waals surface area contributed by atoms with Gasteiger partial charge in [-0.25, -0.2) is 0 Å². The third-order valence-electron chi connectivity index (χ3n) is 6.06. The Labute approximate surface area is 185 Å². The standard InChI is InChI=1S/C25H34N2O4/c1-6-21(26-24(28)7-2)25-20-15-23(31-5)22(30-4)14-18(20)12-13-27(25)16-17-8-10-19(29-3)11-9-17/h8-11,14-15,21,25H,6-7,12-13,16H2,1-5H3,(H,26,28). The molecule has 3 rings (SSSR count). The Morgan fingerprint density at radius 2 is 1.74 bits per heavy atom. The maximum absolute atomic E-state index is 12.3. The summed E-state index contributed by atoms with van der Waals surface area (Å²) in [6.07, 6.45) is 2.23. The molecule has 0 bridgehead atoms. The van der Waals surface area contributed by atoms with Crippen LogP contribution in [0.4, 0.5) is 0 Å². The van der Waals surface area contributed by atoms with Gasteiger partial charge in [-0.3, -0.25) is 9.69 Å². The van der Waals surface area contributed by atoms with E-state index in [0.717, 1.165) is 37.4 Å². The maximum Gasteiger partial charge on any atom is 0.219 e. The zero-order valence-corrected chi connectivity index (χ0v) is 19.2. The minimum absolute atomic E-state index is 0.00264. The number of methoxy groups -OCH3 is 3. The lowest BCUT2D eigenvalue weighted by Gasteiger charge is -2.42. The van der Waals surface area contributed by atoms with Gasteiger partial charge >= 0.3 is 0 Å². The number of rotatable bonds is 9. The minimum atomic E-state index is 0.00264. The van der Waals surface area contributed by atoms with E-state index < -0.39 is 0 Å². The molecule has 0 saturated heterocycles. The molecule has 168 valence electrons. The lowest BCUT2D eigenvalue weighted by Crippen LogP contribution is -2.48. The molecule has 0 radical (unpaired) electrons. The molecule has 1 amide bonds. The van der Waals surface area contributed by atoms with Gasteiger partial charge in [-0.05, 0) is 53.8 Å². The highest BCUT2D eigenvalue weighted by atomic mass is 16.5. The Balaban J connectivity index is 2.00. The van der Waals surface area contributed by atoms with E-state index in [1.807, 2.05) is 19.1 Å². The molecule has 1 aliphatic rings. The van der Waals surface area contributed by atoms with Gasteiger partial charge in [-0.1, -0.05) is 26.0 Å². The third-order valence-corrected chi connectivity index (χ3v) is 6.06. The summed E-state index contributed by atoms with van der Waals surface area (Å²) in [5.74, 6) is 2.38. The molecule has 2 aromatic carbocycles. The summed E-state index contributed by atoms with van der Waals surface area (Å²) in [5, 5.41) is 3.25. The number of amides is 1. The number of hydrogen-bond acceptors (Lipinski definition) is 5. The molecule has 1 N–H and O–H groups in total. The van der Waals surface area contributed by atoms with E-state index in [0.29, 0.717) is 12.2 Å². The summed E-state index contributed by atoms with van der Waals surface area (Å²) in [4.78, 5) is 14.8. The van der Waals surface area contributed by atoms with Gasteiger partial charge in [-0.15, -0.1) is 0 Å². The average Bonchev–Trinajstić information content (AvgIpc) is 2.82. The van der Waals surface area contributed by atoms with E-state index in [4.69, 9.17) is 14.2 Å². The highest BCUT2D eigenvalue weighted by molar-refractivity contribution is 5.76. The molecule has 6 heteroatoms. The Kier molecular flexibility index (Phi) is 7.80. The molecule has 0 aliphatic carbocycles. The second-order valence-electron chi connectivity index (χ2n) is 7.86. The molecule has 1 heterocycles. The van der Waals surface area contributed by atoms with E-state index >= 15 is 0 Å². The first-order valence-electron chi connectivity index (χ1n) is 11.0. The van der Waals surface area contributed by atoms with Crippen molar-refractivity contribution in [3.05, 3.63) is 53.1 Å². The van der Waals surface area contributed by atoms with Crippen LogP contribution < -0.4 is 19.5 Å². The molecule has 31 heavy (non-hydrogen) atoms. The number of ether oxygens (including phenoxy) is 3. The molecular weight excluding hydrogens is 392 g/mol. The van der Waals surface area contributed by atoms with E-state index in [9.17, 15) is 4.79 Å². The van der Waals surface area contributed by atoms with Crippen LogP contribution in [0.5, 0.6) is 17.2 Å². The lowest BCUT2D eigenvalue weighted by molar-refractivity contribution is -0.122. The summed E-state index contributed by atoms with van der Waals surface area (Å²) in [5.41, 5.74) is 3.66. The molecule has 1 aliphatic heterocycles. The molecule has 0 saturated carbocycles. The van der Waals surface area contributed by atoms with Gasteiger partial charge < -0.3 is 19.5 Å². The summed E-state index contributed by atoms with van der Waals surface area (Å²) >= 11 is 0. The van der Waals surface area contributed by atoms with Crippen LogP contribution in [-0.4, -0.2) is 44.7 Å². The molecule has 2 unspecified atom stereocenters. The van der Waals surface area contributed by atoms with Crippen LogP contribution in [0.15, 0.2) is 36.4 Å².